The fourth-order valence-corrected chi connectivity index (χ4v) is 4.37. The van der Waals surface area contributed by atoms with Crippen molar-refractivity contribution in [2.24, 2.45) is 5.92 Å². The molecule has 0 aromatic heterocycles. The van der Waals surface area contributed by atoms with Crippen molar-refractivity contribution in [3.05, 3.63) is 0 Å². The largest absolute Gasteiger partial charge is 0.323 e. The first-order chi connectivity index (χ1) is 9.31. The van der Waals surface area contributed by atoms with Gasteiger partial charge in [-0.2, -0.15) is 0 Å². The van der Waals surface area contributed by atoms with Crippen LogP contribution < -0.4 is 5.32 Å². The van der Waals surface area contributed by atoms with Gasteiger partial charge in [0.05, 0.1) is 12.2 Å². The van der Waals surface area contributed by atoms with Crippen LogP contribution in [0, 0.1) is 5.92 Å². The van der Waals surface area contributed by atoms with Gasteiger partial charge in [0.1, 0.15) is 0 Å². The van der Waals surface area contributed by atoms with Crippen molar-refractivity contribution < 1.29 is 4.79 Å². The Hall–Kier alpha value is -0.570. The van der Waals surface area contributed by atoms with Crippen molar-refractivity contribution in [1.82, 2.24) is 10.2 Å². The van der Waals surface area contributed by atoms with Crippen molar-refractivity contribution >= 4 is 5.91 Å². The lowest BCUT2D eigenvalue weighted by atomic mass is 9.92. The van der Waals surface area contributed by atoms with Gasteiger partial charge in [0.25, 0.3) is 0 Å². The second-order valence-electron chi connectivity index (χ2n) is 6.65. The molecule has 108 valence electrons. The Bertz CT molecular complexity index is 319. The predicted octanol–water partition coefficient (Wildman–Crippen LogP) is 3.05. The molecule has 1 saturated heterocycles. The summed E-state index contributed by atoms with van der Waals surface area (Å²) in [5.41, 5.74) is 0. The molecule has 0 bridgehead atoms. The van der Waals surface area contributed by atoms with Gasteiger partial charge in [-0.3, -0.25) is 10.1 Å². The van der Waals surface area contributed by atoms with Gasteiger partial charge < -0.3 is 4.90 Å². The average Bonchev–Trinajstić information content (AvgIpc) is 3.07. The second kappa shape index (κ2) is 5.82. The molecule has 0 aromatic carbocycles. The molecule has 3 heteroatoms. The number of nitrogens with one attached hydrogen (secondary N) is 1. The van der Waals surface area contributed by atoms with Gasteiger partial charge in [0, 0.05) is 6.04 Å². The van der Waals surface area contributed by atoms with Crippen molar-refractivity contribution in [1.29, 1.82) is 0 Å². The van der Waals surface area contributed by atoms with E-state index in [0.717, 1.165) is 6.42 Å². The standard InChI is InChI=1S/C16H28N2O/c1-2-14-16(19)18(13-10-4-3-5-11-13)15(17-14)12-8-6-7-9-12/h12-15,17H,2-11H2,1H3. The Morgan fingerprint density at radius 3 is 2.32 bits per heavy atom. The fourth-order valence-electron chi connectivity index (χ4n) is 4.37. The predicted molar refractivity (Wildman–Crippen MR) is 76.7 cm³/mol. The molecule has 1 amide bonds. The Balaban J connectivity index is 1.76. The monoisotopic (exact) mass is 264 g/mol. The first-order valence-electron chi connectivity index (χ1n) is 8.39. The van der Waals surface area contributed by atoms with E-state index < -0.39 is 0 Å². The zero-order valence-electron chi connectivity index (χ0n) is 12.2. The fraction of sp³-hybridized carbons (Fsp3) is 0.938. The summed E-state index contributed by atoms with van der Waals surface area (Å²) >= 11 is 0. The molecule has 1 aliphatic heterocycles. The minimum Gasteiger partial charge on any atom is -0.323 e. The first kappa shape index (κ1) is 13.4. The highest BCUT2D eigenvalue weighted by Crippen LogP contribution is 2.36. The number of hydrogen-bond acceptors (Lipinski definition) is 2. The SMILES string of the molecule is CCC1NC(C2CCCC2)N(C2CCCCC2)C1=O. The minimum absolute atomic E-state index is 0.0903. The third-order valence-electron chi connectivity index (χ3n) is 5.45. The summed E-state index contributed by atoms with van der Waals surface area (Å²) in [6.07, 6.45) is 13.0. The lowest BCUT2D eigenvalue weighted by molar-refractivity contribution is -0.133. The maximum Gasteiger partial charge on any atom is 0.241 e. The first-order valence-corrected chi connectivity index (χ1v) is 8.39. The van der Waals surface area contributed by atoms with Crippen molar-refractivity contribution in [3.8, 4) is 0 Å². The van der Waals surface area contributed by atoms with Crippen LogP contribution in [0.25, 0.3) is 0 Å². The normalized spacial score (nSPS) is 34.4. The molecule has 0 spiro atoms. The number of carbonyl (C=O) groups is 1. The number of carbonyl (C=O) groups excluding carboxylic acids is 1. The zero-order chi connectivity index (χ0) is 13.2. The molecule has 2 atom stereocenters. The summed E-state index contributed by atoms with van der Waals surface area (Å²) in [7, 11) is 0. The molecule has 2 aliphatic carbocycles. The second-order valence-corrected chi connectivity index (χ2v) is 6.65. The number of rotatable bonds is 3. The Morgan fingerprint density at radius 2 is 1.68 bits per heavy atom. The number of nitrogens with zero attached hydrogens (tertiary/aromatic N) is 1. The van der Waals surface area contributed by atoms with Crippen LogP contribution in [-0.2, 0) is 4.79 Å². The van der Waals surface area contributed by atoms with Crippen molar-refractivity contribution in [2.75, 3.05) is 0 Å². The van der Waals surface area contributed by atoms with E-state index in [2.05, 4.69) is 17.1 Å². The van der Waals surface area contributed by atoms with Gasteiger partial charge in [-0.1, -0.05) is 39.0 Å². The van der Waals surface area contributed by atoms with Crippen LogP contribution in [0.15, 0.2) is 0 Å². The van der Waals surface area contributed by atoms with E-state index in [1.54, 1.807) is 0 Å². The number of hydrogen-bond donors (Lipinski definition) is 1. The summed E-state index contributed by atoms with van der Waals surface area (Å²) in [6, 6.07) is 0.614. The summed E-state index contributed by atoms with van der Waals surface area (Å²) < 4.78 is 0. The summed E-state index contributed by atoms with van der Waals surface area (Å²) in [5.74, 6) is 1.11. The molecular weight excluding hydrogens is 236 g/mol. The average molecular weight is 264 g/mol. The molecule has 0 aromatic rings. The van der Waals surface area contributed by atoms with Crippen LogP contribution in [0.5, 0.6) is 0 Å². The topological polar surface area (TPSA) is 32.3 Å². The molecule has 2 saturated carbocycles. The van der Waals surface area contributed by atoms with E-state index in [9.17, 15) is 4.79 Å². The lowest BCUT2D eigenvalue weighted by Crippen LogP contribution is -2.48. The van der Waals surface area contributed by atoms with Gasteiger partial charge in [0.2, 0.25) is 5.91 Å². The maximum absolute atomic E-state index is 12.7. The van der Waals surface area contributed by atoms with Gasteiger partial charge in [-0.25, -0.2) is 0 Å². The van der Waals surface area contributed by atoms with Gasteiger partial charge in [0.15, 0.2) is 0 Å². The third kappa shape index (κ3) is 2.54. The summed E-state index contributed by atoms with van der Waals surface area (Å²) in [4.78, 5) is 14.9. The minimum atomic E-state index is 0.0903. The molecule has 19 heavy (non-hydrogen) atoms. The molecule has 3 nitrogen and oxygen atoms in total. The van der Waals surface area contributed by atoms with E-state index in [1.165, 1.54) is 57.8 Å². The number of amides is 1. The van der Waals surface area contributed by atoms with Gasteiger partial charge in [-0.15, -0.1) is 0 Å². The Morgan fingerprint density at radius 1 is 1.05 bits per heavy atom. The molecule has 3 fully saturated rings. The van der Waals surface area contributed by atoms with Crippen molar-refractivity contribution in [2.45, 2.75) is 89.4 Å². The molecule has 1 heterocycles. The molecule has 1 N–H and O–H groups in total. The van der Waals surface area contributed by atoms with Crippen LogP contribution in [-0.4, -0.2) is 29.1 Å². The van der Waals surface area contributed by atoms with Crippen LogP contribution >= 0.6 is 0 Å². The van der Waals surface area contributed by atoms with E-state index in [4.69, 9.17) is 0 Å². The highest BCUT2D eigenvalue weighted by atomic mass is 16.2. The van der Waals surface area contributed by atoms with E-state index >= 15 is 0 Å². The van der Waals surface area contributed by atoms with E-state index in [0.29, 0.717) is 24.0 Å². The summed E-state index contributed by atoms with van der Waals surface area (Å²) in [5, 5.41) is 3.66. The highest BCUT2D eigenvalue weighted by molar-refractivity contribution is 5.84. The quantitative estimate of drug-likeness (QED) is 0.849. The zero-order valence-corrected chi connectivity index (χ0v) is 12.2. The van der Waals surface area contributed by atoms with Gasteiger partial charge >= 0.3 is 0 Å². The van der Waals surface area contributed by atoms with Crippen LogP contribution in [0.4, 0.5) is 0 Å². The molecular formula is C16H28N2O. The maximum atomic E-state index is 12.7. The lowest BCUT2D eigenvalue weighted by Gasteiger charge is -2.37. The van der Waals surface area contributed by atoms with Crippen molar-refractivity contribution in [3.63, 3.8) is 0 Å². The van der Waals surface area contributed by atoms with E-state index in [1.807, 2.05) is 0 Å². The third-order valence-corrected chi connectivity index (χ3v) is 5.45. The molecule has 3 aliphatic rings. The van der Waals surface area contributed by atoms with E-state index in [-0.39, 0.29) is 6.04 Å². The van der Waals surface area contributed by atoms with Gasteiger partial charge in [-0.05, 0) is 38.0 Å². The molecule has 3 rings (SSSR count). The highest BCUT2D eigenvalue weighted by Gasteiger charge is 2.45. The van der Waals surface area contributed by atoms with Crippen LogP contribution in [0.3, 0.4) is 0 Å². The summed E-state index contributed by atoms with van der Waals surface area (Å²) in [6.45, 7) is 2.13. The Labute approximate surface area is 117 Å². The van der Waals surface area contributed by atoms with Crippen LogP contribution in [0.2, 0.25) is 0 Å². The Kier molecular flexibility index (Phi) is 4.11. The molecule has 0 radical (unpaired) electrons. The van der Waals surface area contributed by atoms with Crippen LogP contribution in [0.1, 0.15) is 71.1 Å². The smallest absolute Gasteiger partial charge is 0.241 e. The molecule has 2 unspecified atom stereocenters.